The lowest BCUT2D eigenvalue weighted by Crippen LogP contribution is -2.15. The van der Waals surface area contributed by atoms with Crippen LogP contribution in [0.1, 0.15) is 31.2 Å². The van der Waals surface area contributed by atoms with Gasteiger partial charge in [0.15, 0.2) is 5.57 Å². The molecule has 0 radical (unpaired) electrons. The number of ether oxygens (including phenoxy) is 1. The zero-order chi connectivity index (χ0) is 18.7. The minimum absolute atomic E-state index is 0.0753. The topological polar surface area (TPSA) is 99.4 Å². The fraction of sp³-hybridized carbons (Fsp3) is 0.316. The number of aryl methyl sites for hydroxylation is 1. The number of hydrogen-bond donors (Lipinski definition) is 2. The predicted molar refractivity (Wildman–Crippen MR) is 93.4 cm³/mol. The van der Waals surface area contributed by atoms with E-state index in [0.29, 0.717) is 24.9 Å². The number of nitriles is 1. The van der Waals surface area contributed by atoms with Crippen LogP contribution in [-0.2, 0) is 20.7 Å². The van der Waals surface area contributed by atoms with Crippen LogP contribution in [0.4, 0.5) is 5.69 Å². The van der Waals surface area contributed by atoms with E-state index in [1.54, 1.807) is 18.2 Å². The summed E-state index contributed by atoms with van der Waals surface area (Å²) in [7, 11) is 1.36. The first kappa shape index (κ1) is 19.8. The first-order valence-electron chi connectivity index (χ1n) is 7.74. The molecule has 6 nitrogen and oxygen atoms in total. The van der Waals surface area contributed by atoms with Gasteiger partial charge in [-0.2, -0.15) is 5.26 Å². The quantitative estimate of drug-likeness (QED) is 0.249. The van der Waals surface area contributed by atoms with Gasteiger partial charge in [0.1, 0.15) is 11.8 Å². The molecule has 0 saturated carbocycles. The molecule has 25 heavy (non-hydrogen) atoms. The molecule has 0 aliphatic carbocycles. The summed E-state index contributed by atoms with van der Waals surface area (Å²) in [5.74, 6) is 1.08. The van der Waals surface area contributed by atoms with Crippen LogP contribution in [0.25, 0.3) is 0 Å². The number of esters is 1. The molecule has 0 fully saturated rings. The highest BCUT2D eigenvalue weighted by molar-refractivity contribution is 6.06. The van der Waals surface area contributed by atoms with Crippen molar-refractivity contribution in [2.45, 2.75) is 32.1 Å². The Morgan fingerprint density at radius 3 is 2.52 bits per heavy atom. The molecule has 130 valence electrons. The zero-order valence-electron chi connectivity index (χ0n) is 14.0. The van der Waals surface area contributed by atoms with Crippen molar-refractivity contribution in [1.82, 2.24) is 0 Å². The Kier molecular flexibility index (Phi) is 8.32. The van der Waals surface area contributed by atoms with E-state index in [1.165, 1.54) is 7.11 Å². The molecule has 1 rings (SSSR count). The summed E-state index contributed by atoms with van der Waals surface area (Å²) in [4.78, 5) is 23.1. The predicted octanol–water partition coefficient (Wildman–Crippen LogP) is 2.87. The molecule has 0 bridgehead atoms. The van der Waals surface area contributed by atoms with Gasteiger partial charge in [0.2, 0.25) is 0 Å². The van der Waals surface area contributed by atoms with E-state index >= 15 is 0 Å². The number of aliphatic hydroxyl groups excluding tert-OH is 1. The van der Waals surface area contributed by atoms with E-state index in [0.717, 1.165) is 5.56 Å². The molecule has 0 unspecified atom stereocenters. The second kappa shape index (κ2) is 10.5. The van der Waals surface area contributed by atoms with Gasteiger partial charge in [-0.15, -0.1) is 12.3 Å². The summed E-state index contributed by atoms with van der Waals surface area (Å²) in [6.45, 7) is 0. The van der Waals surface area contributed by atoms with E-state index in [1.807, 2.05) is 12.1 Å². The Balaban J connectivity index is 2.65. The molecule has 1 aromatic carbocycles. The standard InChI is InChI=1S/C19H20N2O4/c1-3-4-7-17(22)16(13-20)19(24)21-15-11-9-14(10-12-15)6-5-8-18(23)25-2/h1,9-12,22H,4-8H2,2H3,(H,21,24). The number of nitrogens with one attached hydrogen (secondary N) is 1. The molecular weight excluding hydrogens is 320 g/mol. The van der Waals surface area contributed by atoms with Crippen LogP contribution in [0.15, 0.2) is 35.6 Å². The number of anilines is 1. The average Bonchev–Trinajstić information content (AvgIpc) is 2.61. The summed E-state index contributed by atoms with van der Waals surface area (Å²) in [5, 5.41) is 21.3. The van der Waals surface area contributed by atoms with Gasteiger partial charge < -0.3 is 15.2 Å². The SMILES string of the molecule is C#CCCC(O)=C(C#N)C(=O)Nc1ccc(CCCC(=O)OC)cc1. The van der Waals surface area contributed by atoms with Crippen LogP contribution < -0.4 is 5.32 Å². The number of benzene rings is 1. The Hall–Kier alpha value is -3.25. The van der Waals surface area contributed by atoms with Crippen LogP contribution in [-0.4, -0.2) is 24.1 Å². The van der Waals surface area contributed by atoms with E-state index in [2.05, 4.69) is 16.0 Å². The number of nitrogens with zero attached hydrogens (tertiary/aromatic N) is 1. The highest BCUT2D eigenvalue weighted by atomic mass is 16.5. The van der Waals surface area contributed by atoms with Crippen LogP contribution >= 0.6 is 0 Å². The van der Waals surface area contributed by atoms with Gasteiger partial charge in [-0.3, -0.25) is 9.59 Å². The third kappa shape index (κ3) is 6.80. The fourth-order valence-electron chi connectivity index (χ4n) is 2.05. The third-order valence-electron chi connectivity index (χ3n) is 3.42. The first-order chi connectivity index (χ1) is 12.0. The first-order valence-corrected chi connectivity index (χ1v) is 7.74. The molecule has 0 saturated heterocycles. The summed E-state index contributed by atoms with van der Waals surface area (Å²) in [6.07, 6.45) is 7.14. The zero-order valence-corrected chi connectivity index (χ0v) is 14.0. The molecule has 0 aromatic heterocycles. The molecule has 1 aromatic rings. The maximum atomic E-state index is 12.1. The monoisotopic (exact) mass is 340 g/mol. The molecular formula is C19H20N2O4. The second-order valence-electron chi connectivity index (χ2n) is 5.22. The number of amides is 1. The lowest BCUT2D eigenvalue weighted by atomic mass is 10.1. The maximum absolute atomic E-state index is 12.1. The normalized spacial score (nSPS) is 10.8. The van der Waals surface area contributed by atoms with Crippen molar-refractivity contribution < 1.29 is 19.4 Å². The van der Waals surface area contributed by atoms with Crippen LogP contribution in [0.2, 0.25) is 0 Å². The third-order valence-corrected chi connectivity index (χ3v) is 3.42. The molecule has 1 amide bonds. The molecule has 6 heteroatoms. The smallest absolute Gasteiger partial charge is 0.305 e. The highest BCUT2D eigenvalue weighted by Gasteiger charge is 2.15. The van der Waals surface area contributed by atoms with E-state index in [9.17, 15) is 14.7 Å². The number of rotatable bonds is 8. The van der Waals surface area contributed by atoms with Crippen molar-refractivity contribution in [3.05, 3.63) is 41.2 Å². The lowest BCUT2D eigenvalue weighted by Gasteiger charge is -2.07. The van der Waals surface area contributed by atoms with E-state index in [-0.39, 0.29) is 30.1 Å². The van der Waals surface area contributed by atoms with Crippen LogP contribution in [0.3, 0.4) is 0 Å². The van der Waals surface area contributed by atoms with E-state index in [4.69, 9.17) is 11.7 Å². The Morgan fingerprint density at radius 2 is 1.96 bits per heavy atom. The van der Waals surface area contributed by atoms with Gasteiger partial charge in [0, 0.05) is 24.9 Å². The molecule has 0 aliphatic heterocycles. The number of methoxy groups -OCH3 is 1. The number of hydrogen-bond acceptors (Lipinski definition) is 5. The van der Waals surface area contributed by atoms with Gasteiger partial charge in [0.25, 0.3) is 5.91 Å². The van der Waals surface area contributed by atoms with Gasteiger partial charge in [-0.1, -0.05) is 12.1 Å². The number of carbonyl (C=O) groups is 2. The Morgan fingerprint density at radius 1 is 1.28 bits per heavy atom. The van der Waals surface area contributed by atoms with Gasteiger partial charge >= 0.3 is 5.97 Å². The van der Waals surface area contributed by atoms with Crippen molar-refractivity contribution >= 4 is 17.6 Å². The molecule has 0 spiro atoms. The van der Waals surface area contributed by atoms with Crippen LogP contribution in [0.5, 0.6) is 0 Å². The number of terminal acetylenes is 1. The number of carbonyl (C=O) groups excluding carboxylic acids is 2. The summed E-state index contributed by atoms with van der Waals surface area (Å²) >= 11 is 0. The lowest BCUT2D eigenvalue weighted by molar-refractivity contribution is -0.140. The number of allylic oxidation sites excluding steroid dienone is 1. The fourth-order valence-corrected chi connectivity index (χ4v) is 2.05. The Bertz CT molecular complexity index is 721. The van der Waals surface area contributed by atoms with Gasteiger partial charge in [0.05, 0.1) is 7.11 Å². The van der Waals surface area contributed by atoms with Gasteiger partial charge in [-0.05, 0) is 30.5 Å². The molecule has 0 atom stereocenters. The largest absolute Gasteiger partial charge is 0.511 e. The van der Waals surface area contributed by atoms with Gasteiger partial charge in [-0.25, -0.2) is 0 Å². The summed E-state index contributed by atoms with van der Waals surface area (Å²) < 4.78 is 4.58. The average molecular weight is 340 g/mol. The second-order valence-corrected chi connectivity index (χ2v) is 5.22. The minimum atomic E-state index is -0.685. The highest BCUT2D eigenvalue weighted by Crippen LogP contribution is 2.15. The van der Waals surface area contributed by atoms with Crippen molar-refractivity contribution in [3.63, 3.8) is 0 Å². The van der Waals surface area contributed by atoms with Crippen molar-refractivity contribution in [2.24, 2.45) is 0 Å². The summed E-state index contributed by atoms with van der Waals surface area (Å²) in [5.41, 5.74) is 1.16. The minimum Gasteiger partial charge on any atom is -0.511 e. The van der Waals surface area contributed by atoms with Crippen molar-refractivity contribution in [3.8, 4) is 18.4 Å². The summed E-state index contributed by atoms with van der Waals surface area (Å²) in [6, 6.07) is 8.72. The molecule has 0 heterocycles. The van der Waals surface area contributed by atoms with Crippen molar-refractivity contribution in [2.75, 3.05) is 12.4 Å². The Labute approximate surface area is 147 Å². The molecule has 0 aliphatic rings. The number of aliphatic hydroxyl groups is 1. The maximum Gasteiger partial charge on any atom is 0.305 e. The molecule has 2 N–H and O–H groups in total. The van der Waals surface area contributed by atoms with Crippen LogP contribution in [0, 0.1) is 23.7 Å². The van der Waals surface area contributed by atoms with E-state index < -0.39 is 5.91 Å². The van der Waals surface area contributed by atoms with Crippen molar-refractivity contribution in [1.29, 1.82) is 5.26 Å².